The molecule has 0 radical (unpaired) electrons. The summed E-state index contributed by atoms with van der Waals surface area (Å²) in [5, 5.41) is 9.67. The quantitative estimate of drug-likeness (QED) is 0.890. The van der Waals surface area contributed by atoms with Crippen molar-refractivity contribution in [3.05, 3.63) is 29.3 Å². The molecule has 1 aromatic carbocycles. The summed E-state index contributed by atoms with van der Waals surface area (Å²) < 4.78 is 5.42. The Morgan fingerprint density at radius 2 is 2.28 bits per heavy atom. The lowest BCUT2D eigenvalue weighted by Gasteiger charge is -2.22. The van der Waals surface area contributed by atoms with Gasteiger partial charge in [0.05, 0.1) is 13.2 Å². The maximum Gasteiger partial charge on any atom is 0.123 e. The Balaban J connectivity index is 2.21. The van der Waals surface area contributed by atoms with Crippen LogP contribution >= 0.6 is 0 Å². The molecule has 0 bridgehead atoms. The molecule has 0 aliphatic carbocycles. The first-order valence-corrected chi connectivity index (χ1v) is 6.70. The summed E-state index contributed by atoms with van der Waals surface area (Å²) in [6.45, 7) is 6.14. The normalized spacial score (nSPS) is 22.1. The van der Waals surface area contributed by atoms with Gasteiger partial charge in [0, 0.05) is 18.2 Å². The van der Waals surface area contributed by atoms with Crippen LogP contribution in [0.5, 0.6) is 5.75 Å². The maximum absolute atomic E-state index is 9.67. The van der Waals surface area contributed by atoms with Gasteiger partial charge in [0.1, 0.15) is 5.75 Å². The van der Waals surface area contributed by atoms with Crippen molar-refractivity contribution >= 4 is 0 Å². The summed E-state index contributed by atoms with van der Waals surface area (Å²) in [4.78, 5) is 2.48. The summed E-state index contributed by atoms with van der Waals surface area (Å²) in [5.74, 6) is 0.915. The Morgan fingerprint density at radius 3 is 2.83 bits per heavy atom. The van der Waals surface area contributed by atoms with E-state index < -0.39 is 6.10 Å². The predicted octanol–water partition coefficient (Wildman–Crippen LogP) is 2.73. The second-order valence-corrected chi connectivity index (χ2v) is 5.21. The third-order valence-electron chi connectivity index (χ3n) is 3.85. The number of aliphatic hydroxyl groups excluding tert-OH is 1. The van der Waals surface area contributed by atoms with Gasteiger partial charge in [0.25, 0.3) is 0 Å². The van der Waals surface area contributed by atoms with E-state index in [1.54, 1.807) is 14.0 Å². The molecule has 3 heteroatoms. The molecule has 3 nitrogen and oxygen atoms in total. The molecule has 1 fully saturated rings. The van der Waals surface area contributed by atoms with Gasteiger partial charge in [0.2, 0.25) is 0 Å². The standard InChI is InChI=1S/C15H23NO2/c1-11-5-4-8-16(11)10-14-9-13(12(2)17)6-7-15(14)18-3/h6-7,9,11-12,17H,4-5,8,10H2,1-3H3. The molecule has 2 atom stereocenters. The second kappa shape index (κ2) is 5.72. The highest BCUT2D eigenvalue weighted by Crippen LogP contribution is 2.27. The van der Waals surface area contributed by atoms with Crippen molar-refractivity contribution in [2.75, 3.05) is 13.7 Å². The summed E-state index contributed by atoms with van der Waals surface area (Å²) in [7, 11) is 1.70. The number of hydrogen-bond acceptors (Lipinski definition) is 3. The zero-order valence-electron chi connectivity index (χ0n) is 11.5. The van der Waals surface area contributed by atoms with Gasteiger partial charge in [-0.15, -0.1) is 0 Å². The predicted molar refractivity (Wildman–Crippen MR) is 72.7 cm³/mol. The summed E-state index contributed by atoms with van der Waals surface area (Å²) in [6, 6.07) is 6.59. The minimum absolute atomic E-state index is 0.425. The molecular formula is C15H23NO2. The fourth-order valence-electron chi connectivity index (χ4n) is 2.63. The third-order valence-corrected chi connectivity index (χ3v) is 3.85. The highest BCUT2D eigenvalue weighted by molar-refractivity contribution is 5.38. The Bertz CT molecular complexity index is 403. The molecule has 18 heavy (non-hydrogen) atoms. The fourth-order valence-corrected chi connectivity index (χ4v) is 2.63. The number of likely N-dealkylation sites (tertiary alicyclic amines) is 1. The molecule has 0 spiro atoms. The number of rotatable bonds is 4. The van der Waals surface area contributed by atoms with Crippen LogP contribution in [0.25, 0.3) is 0 Å². The van der Waals surface area contributed by atoms with Crippen LogP contribution < -0.4 is 4.74 Å². The average Bonchev–Trinajstić information content (AvgIpc) is 2.75. The maximum atomic E-state index is 9.67. The van der Waals surface area contributed by atoms with Crippen LogP contribution in [0, 0.1) is 0 Å². The van der Waals surface area contributed by atoms with E-state index in [0.717, 1.165) is 24.4 Å². The number of ether oxygens (including phenoxy) is 1. The highest BCUT2D eigenvalue weighted by Gasteiger charge is 2.21. The molecule has 0 amide bonds. The lowest BCUT2D eigenvalue weighted by Crippen LogP contribution is -2.26. The molecule has 1 N–H and O–H groups in total. The summed E-state index contributed by atoms with van der Waals surface area (Å²) in [5.41, 5.74) is 2.13. The van der Waals surface area contributed by atoms with E-state index in [4.69, 9.17) is 4.74 Å². The highest BCUT2D eigenvalue weighted by atomic mass is 16.5. The van der Waals surface area contributed by atoms with E-state index >= 15 is 0 Å². The number of methoxy groups -OCH3 is 1. The first kappa shape index (κ1) is 13.4. The van der Waals surface area contributed by atoms with Gasteiger partial charge in [0.15, 0.2) is 0 Å². The summed E-state index contributed by atoms with van der Waals surface area (Å²) >= 11 is 0. The van der Waals surface area contributed by atoms with Gasteiger partial charge in [-0.25, -0.2) is 0 Å². The van der Waals surface area contributed by atoms with E-state index in [0.29, 0.717) is 6.04 Å². The van der Waals surface area contributed by atoms with Crippen molar-refractivity contribution in [3.8, 4) is 5.75 Å². The molecule has 0 aromatic heterocycles. The third kappa shape index (κ3) is 2.85. The molecule has 0 saturated carbocycles. The first-order valence-electron chi connectivity index (χ1n) is 6.70. The zero-order chi connectivity index (χ0) is 13.1. The average molecular weight is 249 g/mol. The first-order chi connectivity index (χ1) is 8.61. The molecule has 1 aliphatic heterocycles. The molecule has 1 aromatic rings. The molecular weight excluding hydrogens is 226 g/mol. The van der Waals surface area contributed by atoms with Crippen molar-refractivity contribution in [1.29, 1.82) is 0 Å². The Hall–Kier alpha value is -1.06. The topological polar surface area (TPSA) is 32.7 Å². The lowest BCUT2D eigenvalue weighted by atomic mass is 10.1. The van der Waals surface area contributed by atoms with E-state index in [1.807, 2.05) is 12.1 Å². The molecule has 1 heterocycles. The molecule has 2 unspecified atom stereocenters. The minimum Gasteiger partial charge on any atom is -0.496 e. The van der Waals surface area contributed by atoms with Crippen molar-refractivity contribution in [2.24, 2.45) is 0 Å². The van der Waals surface area contributed by atoms with Gasteiger partial charge >= 0.3 is 0 Å². The summed E-state index contributed by atoms with van der Waals surface area (Å²) in [6.07, 6.45) is 2.13. The van der Waals surface area contributed by atoms with Crippen LogP contribution in [-0.4, -0.2) is 29.7 Å². The van der Waals surface area contributed by atoms with Crippen LogP contribution in [0.1, 0.15) is 43.9 Å². The molecule has 2 rings (SSSR count). The van der Waals surface area contributed by atoms with Gasteiger partial charge in [-0.3, -0.25) is 4.90 Å². The van der Waals surface area contributed by atoms with E-state index in [2.05, 4.69) is 17.9 Å². The molecule has 100 valence electrons. The van der Waals surface area contributed by atoms with Crippen molar-refractivity contribution in [2.45, 2.75) is 45.4 Å². The van der Waals surface area contributed by atoms with E-state index in [-0.39, 0.29) is 0 Å². The lowest BCUT2D eigenvalue weighted by molar-refractivity contribution is 0.198. The Kier molecular flexibility index (Phi) is 4.25. The zero-order valence-corrected chi connectivity index (χ0v) is 11.5. The monoisotopic (exact) mass is 249 g/mol. The van der Waals surface area contributed by atoms with Gasteiger partial charge in [-0.05, 0) is 50.9 Å². The van der Waals surface area contributed by atoms with Crippen LogP contribution in [0.2, 0.25) is 0 Å². The van der Waals surface area contributed by atoms with Crippen LogP contribution in [0.4, 0.5) is 0 Å². The minimum atomic E-state index is -0.425. The van der Waals surface area contributed by atoms with Crippen molar-refractivity contribution in [3.63, 3.8) is 0 Å². The second-order valence-electron chi connectivity index (χ2n) is 5.21. The smallest absolute Gasteiger partial charge is 0.123 e. The van der Waals surface area contributed by atoms with E-state index in [1.165, 1.54) is 18.4 Å². The Labute approximate surface area is 109 Å². The SMILES string of the molecule is COc1ccc(C(C)O)cc1CN1CCCC1C. The molecule has 1 aliphatic rings. The number of benzene rings is 1. The number of hydrogen-bond donors (Lipinski definition) is 1. The van der Waals surface area contributed by atoms with Crippen molar-refractivity contribution < 1.29 is 9.84 Å². The van der Waals surface area contributed by atoms with Crippen LogP contribution in [0.3, 0.4) is 0 Å². The van der Waals surface area contributed by atoms with Gasteiger partial charge in [-0.2, -0.15) is 0 Å². The molecule has 1 saturated heterocycles. The van der Waals surface area contributed by atoms with E-state index in [9.17, 15) is 5.11 Å². The number of nitrogens with zero attached hydrogens (tertiary/aromatic N) is 1. The van der Waals surface area contributed by atoms with Crippen molar-refractivity contribution in [1.82, 2.24) is 4.90 Å². The number of aliphatic hydroxyl groups is 1. The van der Waals surface area contributed by atoms with Crippen LogP contribution in [-0.2, 0) is 6.54 Å². The largest absolute Gasteiger partial charge is 0.496 e. The fraction of sp³-hybridized carbons (Fsp3) is 0.600. The Morgan fingerprint density at radius 1 is 1.50 bits per heavy atom. The van der Waals surface area contributed by atoms with Crippen LogP contribution in [0.15, 0.2) is 18.2 Å². The van der Waals surface area contributed by atoms with Gasteiger partial charge < -0.3 is 9.84 Å². The van der Waals surface area contributed by atoms with Gasteiger partial charge in [-0.1, -0.05) is 6.07 Å².